The van der Waals surface area contributed by atoms with E-state index in [1.165, 1.54) is 16.9 Å². The Kier molecular flexibility index (Phi) is 3.18. The Morgan fingerprint density at radius 3 is 2.38 bits per heavy atom. The van der Waals surface area contributed by atoms with Gasteiger partial charge in [0.15, 0.2) is 0 Å². The predicted octanol–water partition coefficient (Wildman–Crippen LogP) is 3.20. The largest absolute Gasteiger partial charge is 0.364 e. The molecular formula is C11H18N2. The number of rotatable bonds is 0. The van der Waals surface area contributed by atoms with Gasteiger partial charge in [0.05, 0.1) is 17.5 Å². The van der Waals surface area contributed by atoms with Crippen molar-refractivity contribution in [3.8, 4) is 0 Å². The van der Waals surface area contributed by atoms with Crippen molar-refractivity contribution in [2.24, 2.45) is 0 Å². The molecule has 0 amide bonds. The second-order valence-electron chi connectivity index (χ2n) is 3.06. The van der Waals surface area contributed by atoms with Crippen LogP contribution in [0, 0.1) is 6.92 Å². The molecule has 0 radical (unpaired) electrons. The van der Waals surface area contributed by atoms with Gasteiger partial charge in [0, 0.05) is 0 Å². The number of anilines is 2. The lowest BCUT2D eigenvalue weighted by Crippen LogP contribution is -2.16. The first kappa shape index (κ1) is 9.90. The highest BCUT2D eigenvalue weighted by Gasteiger charge is 2.13. The zero-order valence-corrected chi connectivity index (χ0v) is 8.81. The molecule has 0 aliphatic carbocycles. The topological polar surface area (TPSA) is 24.1 Å². The van der Waals surface area contributed by atoms with Gasteiger partial charge in [-0.3, -0.25) is 0 Å². The standard InChI is InChI=1S/C9H12N2.C2H6/c1-6-3-4-8-9(5-6)11-7(2)10-8;1-2/h3-5,7,10-11H,1-2H3;1-2H3. The van der Waals surface area contributed by atoms with Gasteiger partial charge in [0.2, 0.25) is 0 Å². The molecule has 0 bridgehead atoms. The SMILES string of the molecule is CC.Cc1ccc2c(c1)NC(C)N2. The summed E-state index contributed by atoms with van der Waals surface area (Å²) in [6.07, 6.45) is 0.367. The summed E-state index contributed by atoms with van der Waals surface area (Å²) in [5.74, 6) is 0. The Labute approximate surface area is 80.4 Å². The van der Waals surface area contributed by atoms with Crippen LogP contribution in [0.2, 0.25) is 0 Å². The number of hydrogen-bond acceptors (Lipinski definition) is 2. The first-order valence-corrected chi connectivity index (χ1v) is 4.89. The van der Waals surface area contributed by atoms with E-state index in [1.54, 1.807) is 0 Å². The van der Waals surface area contributed by atoms with E-state index < -0.39 is 0 Å². The van der Waals surface area contributed by atoms with Crippen molar-refractivity contribution in [3.63, 3.8) is 0 Å². The minimum Gasteiger partial charge on any atom is -0.364 e. The second-order valence-corrected chi connectivity index (χ2v) is 3.06. The molecule has 1 aromatic carbocycles. The van der Waals surface area contributed by atoms with E-state index in [-0.39, 0.29) is 0 Å². The smallest absolute Gasteiger partial charge is 0.0935 e. The van der Waals surface area contributed by atoms with E-state index in [9.17, 15) is 0 Å². The molecule has 1 aromatic rings. The number of aryl methyl sites for hydroxylation is 1. The fourth-order valence-electron chi connectivity index (χ4n) is 1.41. The highest BCUT2D eigenvalue weighted by atomic mass is 15.2. The van der Waals surface area contributed by atoms with Crippen molar-refractivity contribution >= 4 is 11.4 Å². The lowest BCUT2D eigenvalue weighted by Gasteiger charge is -2.01. The third kappa shape index (κ3) is 2.14. The van der Waals surface area contributed by atoms with E-state index in [0.29, 0.717) is 6.17 Å². The third-order valence-electron chi connectivity index (χ3n) is 1.92. The minimum absolute atomic E-state index is 0.367. The van der Waals surface area contributed by atoms with E-state index in [2.05, 4.69) is 42.7 Å². The molecule has 0 spiro atoms. The summed E-state index contributed by atoms with van der Waals surface area (Å²) in [5, 5.41) is 6.64. The highest BCUT2D eigenvalue weighted by molar-refractivity contribution is 5.74. The van der Waals surface area contributed by atoms with Crippen LogP contribution < -0.4 is 10.6 Å². The summed E-state index contributed by atoms with van der Waals surface area (Å²) in [6, 6.07) is 6.39. The van der Waals surface area contributed by atoms with Gasteiger partial charge in [0.25, 0.3) is 0 Å². The van der Waals surface area contributed by atoms with Crippen molar-refractivity contribution < 1.29 is 0 Å². The quantitative estimate of drug-likeness (QED) is 0.637. The molecule has 0 fully saturated rings. The number of nitrogens with one attached hydrogen (secondary N) is 2. The molecule has 1 atom stereocenters. The van der Waals surface area contributed by atoms with Crippen LogP contribution in [0.15, 0.2) is 18.2 Å². The van der Waals surface area contributed by atoms with Gasteiger partial charge in [-0.25, -0.2) is 0 Å². The van der Waals surface area contributed by atoms with Crippen molar-refractivity contribution in [2.75, 3.05) is 10.6 Å². The molecule has 0 saturated carbocycles. The number of hydrogen-bond donors (Lipinski definition) is 2. The van der Waals surface area contributed by atoms with Gasteiger partial charge < -0.3 is 10.6 Å². The molecule has 2 nitrogen and oxygen atoms in total. The van der Waals surface area contributed by atoms with Gasteiger partial charge in [-0.1, -0.05) is 19.9 Å². The Morgan fingerprint density at radius 2 is 1.69 bits per heavy atom. The van der Waals surface area contributed by atoms with Crippen LogP contribution in [0.5, 0.6) is 0 Å². The van der Waals surface area contributed by atoms with Crippen LogP contribution in [-0.2, 0) is 0 Å². The van der Waals surface area contributed by atoms with E-state index in [4.69, 9.17) is 0 Å². The monoisotopic (exact) mass is 178 g/mol. The maximum atomic E-state index is 3.33. The molecule has 0 saturated heterocycles. The molecule has 1 aliphatic rings. The summed E-state index contributed by atoms with van der Waals surface area (Å²) in [4.78, 5) is 0. The second kappa shape index (κ2) is 4.17. The molecule has 13 heavy (non-hydrogen) atoms. The molecule has 1 unspecified atom stereocenters. The molecule has 2 N–H and O–H groups in total. The van der Waals surface area contributed by atoms with Gasteiger partial charge in [0.1, 0.15) is 0 Å². The van der Waals surface area contributed by atoms with E-state index in [1.807, 2.05) is 13.8 Å². The Bertz CT molecular complexity index is 281. The average Bonchev–Trinajstić information content (AvgIpc) is 2.48. The van der Waals surface area contributed by atoms with Gasteiger partial charge in [-0.05, 0) is 31.5 Å². The molecule has 2 heteroatoms. The van der Waals surface area contributed by atoms with E-state index in [0.717, 1.165) is 0 Å². The Hall–Kier alpha value is -1.18. The Balaban J connectivity index is 0.000000396. The van der Waals surface area contributed by atoms with Gasteiger partial charge >= 0.3 is 0 Å². The average molecular weight is 178 g/mol. The van der Waals surface area contributed by atoms with Crippen molar-refractivity contribution in [2.45, 2.75) is 33.9 Å². The normalized spacial score (nSPS) is 17.7. The van der Waals surface area contributed by atoms with Crippen LogP contribution in [-0.4, -0.2) is 6.17 Å². The molecule has 2 rings (SSSR count). The number of fused-ring (bicyclic) bond motifs is 1. The van der Waals surface area contributed by atoms with Crippen LogP contribution in [0.25, 0.3) is 0 Å². The van der Waals surface area contributed by atoms with Crippen molar-refractivity contribution in [1.82, 2.24) is 0 Å². The molecular weight excluding hydrogens is 160 g/mol. The van der Waals surface area contributed by atoms with Crippen molar-refractivity contribution in [3.05, 3.63) is 23.8 Å². The van der Waals surface area contributed by atoms with Crippen LogP contribution in [0.4, 0.5) is 11.4 Å². The lowest BCUT2D eigenvalue weighted by atomic mass is 10.2. The van der Waals surface area contributed by atoms with Gasteiger partial charge in [-0.15, -0.1) is 0 Å². The molecule has 0 aromatic heterocycles. The fourth-order valence-corrected chi connectivity index (χ4v) is 1.41. The van der Waals surface area contributed by atoms with Gasteiger partial charge in [-0.2, -0.15) is 0 Å². The van der Waals surface area contributed by atoms with Crippen molar-refractivity contribution in [1.29, 1.82) is 0 Å². The first-order valence-electron chi connectivity index (χ1n) is 4.89. The zero-order chi connectivity index (χ0) is 9.84. The summed E-state index contributed by atoms with van der Waals surface area (Å²) in [7, 11) is 0. The molecule has 72 valence electrons. The van der Waals surface area contributed by atoms with Crippen LogP contribution in [0.1, 0.15) is 26.3 Å². The predicted molar refractivity (Wildman–Crippen MR) is 59.2 cm³/mol. The fraction of sp³-hybridized carbons (Fsp3) is 0.455. The highest BCUT2D eigenvalue weighted by Crippen LogP contribution is 2.28. The Morgan fingerprint density at radius 1 is 1.08 bits per heavy atom. The number of benzene rings is 1. The van der Waals surface area contributed by atoms with Crippen LogP contribution in [0.3, 0.4) is 0 Å². The summed E-state index contributed by atoms with van der Waals surface area (Å²) in [6.45, 7) is 8.21. The molecule has 1 aliphatic heterocycles. The lowest BCUT2D eigenvalue weighted by molar-refractivity contribution is 0.956. The molecule has 1 heterocycles. The zero-order valence-electron chi connectivity index (χ0n) is 8.81. The van der Waals surface area contributed by atoms with Crippen LogP contribution >= 0.6 is 0 Å². The third-order valence-corrected chi connectivity index (χ3v) is 1.92. The summed E-state index contributed by atoms with van der Waals surface area (Å²) in [5.41, 5.74) is 3.73. The summed E-state index contributed by atoms with van der Waals surface area (Å²) < 4.78 is 0. The first-order chi connectivity index (χ1) is 6.25. The van der Waals surface area contributed by atoms with E-state index >= 15 is 0 Å². The maximum absolute atomic E-state index is 3.33. The summed E-state index contributed by atoms with van der Waals surface area (Å²) >= 11 is 0. The minimum atomic E-state index is 0.367. The maximum Gasteiger partial charge on any atom is 0.0935 e.